The van der Waals surface area contributed by atoms with Gasteiger partial charge in [-0.05, 0) is 19.1 Å². The van der Waals surface area contributed by atoms with Crippen LogP contribution in [0.1, 0.15) is 17.4 Å². The summed E-state index contributed by atoms with van der Waals surface area (Å²) >= 11 is 0. The maximum atomic E-state index is 12.3. The predicted molar refractivity (Wildman–Crippen MR) is 84.7 cm³/mol. The Bertz CT molecular complexity index is 1180. The number of fused-ring (bicyclic) bond motifs is 5. The van der Waals surface area contributed by atoms with E-state index in [1.54, 1.807) is 31.2 Å². The minimum absolute atomic E-state index is 0.0573. The third-order valence-corrected chi connectivity index (χ3v) is 3.59. The van der Waals surface area contributed by atoms with E-state index in [1.807, 2.05) is 0 Å². The van der Waals surface area contributed by atoms with Gasteiger partial charge in [-0.15, -0.1) is 10.2 Å². The second kappa shape index (κ2) is 5.01. The van der Waals surface area contributed by atoms with E-state index < -0.39 is 11.6 Å². The van der Waals surface area contributed by atoms with Gasteiger partial charge in [-0.25, -0.2) is 9.59 Å². The Kier molecular flexibility index (Phi) is 2.95. The number of rotatable bonds is 2. The first kappa shape index (κ1) is 14.1. The summed E-state index contributed by atoms with van der Waals surface area (Å²) in [4.78, 5) is 24.2. The zero-order valence-electron chi connectivity index (χ0n) is 12.5. The molecule has 0 aliphatic carbocycles. The zero-order valence-corrected chi connectivity index (χ0v) is 12.5. The lowest BCUT2D eigenvalue weighted by molar-refractivity contribution is 0.0519. The number of benzene rings is 1. The Morgan fingerprint density at radius 1 is 1.33 bits per heavy atom. The van der Waals surface area contributed by atoms with E-state index in [2.05, 4.69) is 15.3 Å². The van der Waals surface area contributed by atoms with E-state index >= 15 is 0 Å². The normalized spacial score (nSPS) is 11.4. The lowest BCUT2D eigenvalue weighted by Crippen LogP contribution is -2.15. The molecule has 9 heteroatoms. The van der Waals surface area contributed by atoms with Crippen LogP contribution < -0.4 is 11.4 Å². The second-order valence-corrected chi connectivity index (χ2v) is 5.00. The number of nitrogens with zero attached hydrogens (tertiary/aromatic N) is 4. The van der Waals surface area contributed by atoms with Crippen LogP contribution in [0.4, 0.5) is 5.82 Å². The maximum Gasteiger partial charge on any atom is 0.362 e. The van der Waals surface area contributed by atoms with Crippen molar-refractivity contribution in [1.82, 2.24) is 19.8 Å². The van der Waals surface area contributed by atoms with E-state index in [1.165, 1.54) is 4.52 Å². The van der Waals surface area contributed by atoms with Crippen LogP contribution >= 0.6 is 0 Å². The molecule has 3 heterocycles. The number of nitrogen functional groups attached to an aromatic ring is 1. The third kappa shape index (κ3) is 1.84. The van der Waals surface area contributed by atoms with Crippen molar-refractivity contribution in [3.8, 4) is 0 Å². The summed E-state index contributed by atoms with van der Waals surface area (Å²) in [6, 6.07) is 6.98. The van der Waals surface area contributed by atoms with Crippen molar-refractivity contribution in [3.63, 3.8) is 0 Å². The standard InChI is InChI=1S/C15H11N5O4/c1-2-23-15(22)11-12(16)20-13(18-17-11)9-10(19-20)7-5-3-4-6-8(7)24-14(9)21/h3-6H,2,16H2,1H3. The fraction of sp³-hybridized carbons (Fsp3) is 0.133. The van der Waals surface area contributed by atoms with Crippen LogP contribution in [-0.4, -0.2) is 32.4 Å². The molecule has 0 saturated carbocycles. The smallest absolute Gasteiger partial charge is 0.362 e. The van der Waals surface area contributed by atoms with Crippen molar-refractivity contribution in [1.29, 1.82) is 0 Å². The molecule has 0 fully saturated rings. The van der Waals surface area contributed by atoms with Gasteiger partial charge in [0.25, 0.3) is 0 Å². The van der Waals surface area contributed by atoms with Gasteiger partial charge in [-0.2, -0.15) is 9.61 Å². The fourth-order valence-corrected chi connectivity index (χ4v) is 2.54. The first-order valence-corrected chi connectivity index (χ1v) is 7.15. The second-order valence-electron chi connectivity index (χ2n) is 5.00. The summed E-state index contributed by atoms with van der Waals surface area (Å²) in [6.45, 7) is 1.84. The van der Waals surface area contributed by atoms with Gasteiger partial charge >= 0.3 is 11.6 Å². The van der Waals surface area contributed by atoms with Gasteiger partial charge in [0.05, 0.1) is 6.61 Å². The average molecular weight is 325 g/mol. The fourth-order valence-electron chi connectivity index (χ4n) is 2.54. The molecule has 2 N–H and O–H groups in total. The molecule has 0 saturated heterocycles. The molecule has 0 spiro atoms. The molecule has 3 aromatic heterocycles. The number of anilines is 1. The van der Waals surface area contributed by atoms with Crippen molar-refractivity contribution in [2.45, 2.75) is 6.92 Å². The summed E-state index contributed by atoms with van der Waals surface area (Å²) in [5.41, 5.74) is 6.11. The predicted octanol–water partition coefficient (Wildman–Crippen LogP) is 1.14. The molecule has 0 aliphatic heterocycles. The lowest BCUT2D eigenvalue weighted by Gasteiger charge is -2.04. The van der Waals surface area contributed by atoms with Crippen molar-refractivity contribution >= 4 is 39.3 Å². The topological polar surface area (TPSA) is 126 Å². The summed E-state index contributed by atoms with van der Waals surface area (Å²) < 4.78 is 11.4. The van der Waals surface area contributed by atoms with Gasteiger partial charge in [-0.3, -0.25) is 0 Å². The van der Waals surface area contributed by atoms with E-state index in [0.717, 1.165) is 0 Å². The van der Waals surface area contributed by atoms with Crippen molar-refractivity contribution in [2.75, 3.05) is 12.3 Å². The molecule has 0 aliphatic rings. The molecule has 4 rings (SSSR count). The number of esters is 1. The quantitative estimate of drug-likeness (QED) is 0.429. The minimum Gasteiger partial charge on any atom is -0.461 e. The van der Waals surface area contributed by atoms with Crippen LogP contribution in [0.25, 0.3) is 27.5 Å². The summed E-state index contributed by atoms with van der Waals surface area (Å²) in [6.07, 6.45) is 0. The molecule has 0 bridgehead atoms. The highest BCUT2D eigenvalue weighted by molar-refractivity contribution is 6.07. The van der Waals surface area contributed by atoms with Crippen LogP contribution in [0, 0.1) is 0 Å². The summed E-state index contributed by atoms with van der Waals surface area (Å²) in [5.74, 6) is -0.765. The Hall–Kier alpha value is -3.49. The molecule has 0 atom stereocenters. The molecular formula is C15H11N5O4. The highest BCUT2D eigenvalue weighted by Gasteiger charge is 2.22. The third-order valence-electron chi connectivity index (χ3n) is 3.59. The number of carbonyl (C=O) groups is 1. The van der Waals surface area contributed by atoms with Gasteiger partial charge in [0.15, 0.2) is 11.5 Å². The van der Waals surface area contributed by atoms with Gasteiger partial charge in [-0.1, -0.05) is 12.1 Å². The monoisotopic (exact) mass is 325 g/mol. The Balaban J connectivity index is 2.13. The maximum absolute atomic E-state index is 12.3. The zero-order chi connectivity index (χ0) is 16.8. The van der Waals surface area contributed by atoms with E-state index in [9.17, 15) is 9.59 Å². The van der Waals surface area contributed by atoms with E-state index in [4.69, 9.17) is 14.9 Å². The SMILES string of the molecule is CCOC(=O)c1nnc2c3c(=O)oc4ccccc4c3nn2c1N. The van der Waals surface area contributed by atoms with Crippen LogP contribution in [-0.2, 0) is 4.74 Å². The average Bonchev–Trinajstić information content (AvgIpc) is 2.97. The van der Waals surface area contributed by atoms with Crippen molar-refractivity contribution < 1.29 is 13.9 Å². The first-order chi connectivity index (χ1) is 11.6. The van der Waals surface area contributed by atoms with Crippen LogP contribution in [0.3, 0.4) is 0 Å². The number of ether oxygens (including phenoxy) is 1. The van der Waals surface area contributed by atoms with E-state index in [-0.39, 0.29) is 29.2 Å². The number of carbonyl (C=O) groups excluding carboxylic acids is 1. The van der Waals surface area contributed by atoms with Crippen molar-refractivity contribution in [2.24, 2.45) is 0 Å². The number of nitrogens with two attached hydrogens (primary N) is 1. The largest absolute Gasteiger partial charge is 0.461 e. The van der Waals surface area contributed by atoms with Crippen LogP contribution in [0.5, 0.6) is 0 Å². The first-order valence-electron chi connectivity index (χ1n) is 7.15. The van der Waals surface area contributed by atoms with E-state index in [0.29, 0.717) is 16.5 Å². The molecular weight excluding hydrogens is 314 g/mol. The number of aromatic nitrogens is 4. The Morgan fingerprint density at radius 2 is 2.12 bits per heavy atom. The molecule has 120 valence electrons. The summed E-state index contributed by atoms with van der Waals surface area (Å²) in [7, 11) is 0. The highest BCUT2D eigenvalue weighted by Crippen LogP contribution is 2.25. The van der Waals surface area contributed by atoms with Gasteiger partial charge < -0.3 is 14.9 Å². The highest BCUT2D eigenvalue weighted by atomic mass is 16.5. The molecule has 0 unspecified atom stereocenters. The van der Waals surface area contributed by atoms with Crippen LogP contribution in [0.2, 0.25) is 0 Å². The lowest BCUT2D eigenvalue weighted by atomic mass is 10.2. The number of hydrogen-bond donors (Lipinski definition) is 1. The molecule has 0 amide bonds. The Morgan fingerprint density at radius 3 is 2.92 bits per heavy atom. The van der Waals surface area contributed by atoms with Gasteiger partial charge in [0.2, 0.25) is 5.69 Å². The molecule has 1 aromatic carbocycles. The minimum atomic E-state index is -0.708. The molecule has 9 nitrogen and oxygen atoms in total. The summed E-state index contributed by atoms with van der Waals surface area (Å²) in [5, 5.41) is 12.8. The van der Waals surface area contributed by atoms with Gasteiger partial charge in [0.1, 0.15) is 16.5 Å². The van der Waals surface area contributed by atoms with Crippen LogP contribution in [0.15, 0.2) is 33.5 Å². The van der Waals surface area contributed by atoms with Gasteiger partial charge in [0, 0.05) is 5.39 Å². The molecule has 24 heavy (non-hydrogen) atoms. The van der Waals surface area contributed by atoms with Crippen molar-refractivity contribution in [3.05, 3.63) is 40.4 Å². The molecule has 0 radical (unpaired) electrons. The molecule has 4 aromatic rings. The number of hydrogen-bond acceptors (Lipinski definition) is 8. The number of para-hydroxylation sites is 1. The Labute approximate surface area is 133 Å².